The lowest BCUT2D eigenvalue weighted by molar-refractivity contribution is -0.384. The van der Waals surface area contributed by atoms with Crippen LogP contribution in [0.5, 0.6) is 0 Å². The molecule has 1 atom stereocenters. The molecule has 0 bridgehead atoms. The van der Waals surface area contributed by atoms with Gasteiger partial charge in [-0.25, -0.2) is 0 Å². The standard InChI is InChI=1S/C11H10Cl4N4O3S/c12-5-8(20)17-9(11(13,14)15)18-10(23)16-6-1-3-7(4-2-6)19(21)22/h1-4,9H,5H2,(H,17,20)(H2,16,18,23). The Balaban J connectivity index is 2.71. The zero-order valence-electron chi connectivity index (χ0n) is 11.2. The van der Waals surface area contributed by atoms with Gasteiger partial charge < -0.3 is 16.0 Å². The van der Waals surface area contributed by atoms with Crippen LogP contribution in [0.1, 0.15) is 0 Å². The first-order chi connectivity index (χ1) is 10.6. The number of rotatable bonds is 5. The highest BCUT2D eigenvalue weighted by Crippen LogP contribution is 2.29. The summed E-state index contributed by atoms with van der Waals surface area (Å²) in [5.74, 6) is -0.879. The molecule has 0 aliphatic heterocycles. The van der Waals surface area contributed by atoms with Gasteiger partial charge in [0.25, 0.3) is 5.69 Å². The Kier molecular flexibility index (Phi) is 7.56. The van der Waals surface area contributed by atoms with Crippen molar-refractivity contribution in [3.05, 3.63) is 34.4 Å². The van der Waals surface area contributed by atoms with E-state index in [0.29, 0.717) is 5.69 Å². The fraction of sp³-hybridized carbons (Fsp3) is 0.273. The molecular formula is C11H10Cl4N4O3S. The molecule has 0 fully saturated rings. The number of carbonyl (C=O) groups is 1. The number of hydrogen-bond donors (Lipinski definition) is 3. The summed E-state index contributed by atoms with van der Waals surface area (Å²) in [7, 11) is 0. The first-order valence-electron chi connectivity index (χ1n) is 5.87. The highest BCUT2D eigenvalue weighted by atomic mass is 35.6. The number of amides is 1. The summed E-state index contributed by atoms with van der Waals surface area (Å²) in [4.78, 5) is 21.4. The molecule has 23 heavy (non-hydrogen) atoms. The van der Waals surface area contributed by atoms with Crippen LogP contribution >= 0.6 is 58.6 Å². The second kappa shape index (κ2) is 8.70. The van der Waals surface area contributed by atoms with Gasteiger partial charge in [0.15, 0.2) is 5.11 Å². The smallest absolute Gasteiger partial charge is 0.269 e. The summed E-state index contributed by atoms with van der Waals surface area (Å²) in [5.41, 5.74) is 0.405. The minimum absolute atomic E-state index is 0.0325. The van der Waals surface area contributed by atoms with Gasteiger partial charge in [0.2, 0.25) is 9.70 Å². The fourth-order valence-electron chi connectivity index (χ4n) is 1.36. The van der Waals surface area contributed by atoms with Crippen molar-refractivity contribution in [2.75, 3.05) is 11.2 Å². The lowest BCUT2D eigenvalue weighted by atomic mass is 10.3. The van der Waals surface area contributed by atoms with Crippen LogP contribution in [-0.4, -0.2) is 31.8 Å². The quantitative estimate of drug-likeness (QED) is 0.223. The van der Waals surface area contributed by atoms with E-state index in [0.717, 1.165) is 0 Å². The Labute approximate surface area is 156 Å². The van der Waals surface area contributed by atoms with Crippen molar-refractivity contribution in [1.82, 2.24) is 10.6 Å². The third-order valence-electron chi connectivity index (χ3n) is 2.37. The summed E-state index contributed by atoms with van der Waals surface area (Å²) in [5, 5.41) is 18.3. The number of nitro benzene ring substituents is 1. The van der Waals surface area contributed by atoms with E-state index in [1.54, 1.807) is 0 Å². The number of non-ortho nitro benzene ring substituents is 1. The fourth-order valence-corrected chi connectivity index (χ4v) is 2.00. The molecule has 3 N–H and O–H groups in total. The molecule has 0 radical (unpaired) electrons. The van der Waals surface area contributed by atoms with Gasteiger partial charge in [-0.3, -0.25) is 14.9 Å². The highest BCUT2D eigenvalue weighted by Gasteiger charge is 2.34. The summed E-state index contributed by atoms with van der Waals surface area (Å²) in [6.45, 7) is 0. The Morgan fingerprint density at radius 3 is 2.26 bits per heavy atom. The third kappa shape index (κ3) is 6.92. The van der Waals surface area contributed by atoms with Crippen molar-refractivity contribution < 1.29 is 9.72 Å². The molecule has 1 aromatic carbocycles. The molecule has 1 amide bonds. The minimum Gasteiger partial charge on any atom is -0.339 e. The number of hydrogen-bond acceptors (Lipinski definition) is 4. The van der Waals surface area contributed by atoms with Gasteiger partial charge in [-0.1, -0.05) is 34.8 Å². The molecule has 126 valence electrons. The number of benzene rings is 1. The predicted octanol–water partition coefficient (Wildman–Crippen LogP) is 2.93. The van der Waals surface area contributed by atoms with E-state index in [2.05, 4.69) is 16.0 Å². The average Bonchev–Trinajstić information content (AvgIpc) is 2.45. The molecule has 0 aliphatic carbocycles. The van der Waals surface area contributed by atoms with Crippen LogP contribution in [0.15, 0.2) is 24.3 Å². The van der Waals surface area contributed by atoms with E-state index in [9.17, 15) is 14.9 Å². The van der Waals surface area contributed by atoms with Gasteiger partial charge in [0.1, 0.15) is 12.0 Å². The molecule has 0 saturated carbocycles. The zero-order valence-corrected chi connectivity index (χ0v) is 15.0. The van der Waals surface area contributed by atoms with Crippen molar-refractivity contribution in [3.8, 4) is 0 Å². The number of nitrogens with one attached hydrogen (secondary N) is 3. The number of thiocarbonyl (C=S) groups is 1. The zero-order chi connectivity index (χ0) is 17.6. The molecule has 7 nitrogen and oxygen atoms in total. The van der Waals surface area contributed by atoms with Crippen molar-refractivity contribution in [3.63, 3.8) is 0 Å². The Morgan fingerprint density at radius 1 is 1.26 bits per heavy atom. The van der Waals surface area contributed by atoms with Crippen LogP contribution in [0.3, 0.4) is 0 Å². The van der Waals surface area contributed by atoms with Gasteiger partial charge in [0, 0.05) is 17.8 Å². The molecule has 1 aromatic rings. The molecule has 0 saturated heterocycles. The van der Waals surface area contributed by atoms with Crippen molar-refractivity contribution in [2.45, 2.75) is 9.96 Å². The molecule has 0 heterocycles. The van der Waals surface area contributed by atoms with Crippen LogP contribution in [0.2, 0.25) is 0 Å². The largest absolute Gasteiger partial charge is 0.339 e. The number of alkyl halides is 4. The number of carbonyl (C=O) groups excluding carboxylic acids is 1. The van der Waals surface area contributed by atoms with Crippen molar-refractivity contribution in [2.24, 2.45) is 0 Å². The summed E-state index contributed by atoms with van der Waals surface area (Å²) in [6.07, 6.45) is -1.13. The number of nitrogens with zero attached hydrogens (tertiary/aromatic N) is 1. The summed E-state index contributed by atoms with van der Waals surface area (Å²) < 4.78 is -1.89. The van der Waals surface area contributed by atoms with Crippen LogP contribution in [0.4, 0.5) is 11.4 Å². The molecule has 1 rings (SSSR count). The second-order valence-electron chi connectivity index (χ2n) is 4.08. The lowest BCUT2D eigenvalue weighted by Gasteiger charge is -2.27. The molecule has 12 heteroatoms. The minimum atomic E-state index is -1.89. The van der Waals surface area contributed by atoms with Crippen LogP contribution < -0.4 is 16.0 Å². The number of anilines is 1. The Hall–Kier alpha value is -1.06. The molecule has 0 aliphatic rings. The SMILES string of the molecule is O=C(CCl)NC(NC(=S)Nc1ccc([N+](=O)[O-])cc1)C(Cl)(Cl)Cl. The van der Waals surface area contributed by atoms with Gasteiger partial charge in [0.05, 0.1) is 4.92 Å². The summed E-state index contributed by atoms with van der Waals surface area (Å²) in [6, 6.07) is 5.50. The van der Waals surface area contributed by atoms with Crippen molar-refractivity contribution in [1.29, 1.82) is 0 Å². The first kappa shape index (κ1) is 20.0. The van der Waals surface area contributed by atoms with E-state index >= 15 is 0 Å². The third-order valence-corrected chi connectivity index (χ3v) is 3.48. The van der Waals surface area contributed by atoms with Crippen molar-refractivity contribution >= 4 is 81.0 Å². The van der Waals surface area contributed by atoms with Gasteiger partial charge in [-0.2, -0.15) is 0 Å². The molecule has 1 unspecified atom stereocenters. The van der Waals surface area contributed by atoms with E-state index in [-0.39, 0.29) is 16.7 Å². The predicted molar refractivity (Wildman–Crippen MR) is 95.4 cm³/mol. The first-order valence-corrected chi connectivity index (χ1v) is 7.95. The van der Waals surface area contributed by atoms with Crippen LogP contribution in [-0.2, 0) is 4.79 Å². The maximum absolute atomic E-state index is 11.3. The maximum atomic E-state index is 11.3. The average molecular weight is 420 g/mol. The van der Waals surface area contributed by atoms with Crippen LogP contribution in [0.25, 0.3) is 0 Å². The Bertz CT molecular complexity index is 594. The topological polar surface area (TPSA) is 96.3 Å². The Morgan fingerprint density at radius 2 is 1.83 bits per heavy atom. The number of nitro groups is 1. The summed E-state index contributed by atoms with van der Waals surface area (Å²) >= 11 is 27.7. The molecule has 0 spiro atoms. The second-order valence-corrected chi connectivity index (χ2v) is 7.12. The molecule has 0 aromatic heterocycles. The molecular weight excluding hydrogens is 410 g/mol. The van der Waals surface area contributed by atoms with E-state index in [1.165, 1.54) is 24.3 Å². The van der Waals surface area contributed by atoms with Crippen LogP contribution in [0, 0.1) is 10.1 Å². The van der Waals surface area contributed by atoms with E-state index in [4.69, 9.17) is 58.6 Å². The van der Waals surface area contributed by atoms with E-state index in [1.807, 2.05) is 0 Å². The van der Waals surface area contributed by atoms with E-state index < -0.39 is 20.8 Å². The normalized spacial score (nSPS) is 12.2. The maximum Gasteiger partial charge on any atom is 0.269 e. The lowest BCUT2D eigenvalue weighted by Crippen LogP contribution is -2.56. The van der Waals surface area contributed by atoms with Gasteiger partial charge >= 0.3 is 0 Å². The highest BCUT2D eigenvalue weighted by molar-refractivity contribution is 7.80. The van der Waals surface area contributed by atoms with Gasteiger partial charge in [-0.15, -0.1) is 11.6 Å². The monoisotopic (exact) mass is 418 g/mol. The number of halogens is 4. The van der Waals surface area contributed by atoms with Gasteiger partial charge in [-0.05, 0) is 24.4 Å².